The van der Waals surface area contributed by atoms with Gasteiger partial charge in [0.05, 0.1) is 0 Å². The van der Waals surface area contributed by atoms with Gasteiger partial charge in [-0.2, -0.15) is 0 Å². The Morgan fingerprint density at radius 1 is 0.714 bits per heavy atom. The topological polar surface area (TPSA) is 43.4 Å². The first kappa shape index (κ1) is 24.9. The van der Waals surface area contributed by atoms with E-state index in [2.05, 4.69) is 0 Å². The number of hydrogen-bond donors (Lipinski definition) is 0. The van der Waals surface area contributed by atoms with Gasteiger partial charge in [0, 0.05) is 0 Å². The van der Waals surface area contributed by atoms with Gasteiger partial charge in [-0.25, -0.2) is 4.79 Å². The third-order valence-corrected chi connectivity index (χ3v) is 10.4. The second kappa shape index (κ2) is 10.6. The molecule has 1 aliphatic rings. The molecule has 4 rings (SSSR count). The molecule has 4 heteroatoms. The van der Waals surface area contributed by atoms with E-state index in [4.69, 9.17) is 4.74 Å². The van der Waals surface area contributed by atoms with Crippen LogP contribution in [0.3, 0.4) is 0 Å². The number of benzene rings is 3. The molecule has 0 radical (unpaired) electrons. The number of rotatable bonds is 6. The minimum absolute atomic E-state index is 0.177. The molecule has 0 aromatic heterocycles. The number of ether oxygens (including phenoxy) is 1. The third-order valence-electron chi connectivity index (χ3n) is 6.16. The first-order chi connectivity index (χ1) is 16.8. The number of esters is 1. The van der Waals surface area contributed by atoms with Gasteiger partial charge in [0.15, 0.2) is 5.78 Å². The molecule has 3 aromatic rings. The monoisotopic (exact) mass is 484 g/mol. The lowest BCUT2D eigenvalue weighted by Crippen LogP contribution is -2.41. The number of carbonyl (C=O) groups excluding carboxylic acids is 2. The fourth-order valence-electron chi connectivity index (χ4n) is 4.69. The molecule has 0 atom stereocenters. The normalized spacial score (nSPS) is 14.1. The number of ketones is 1. The van der Waals surface area contributed by atoms with Crippen LogP contribution >= 0.6 is 6.89 Å². The second-order valence-corrected chi connectivity index (χ2v) is 13.2. The third kappa shape index (κ3) is 5.26. The Balaban J connectivity index is 2.22. The number of carbonyl (C=O) groups is 2. The van der Waals surface area contributed by atoms with Crippen molar-refractivity contribution >= 4 is 39.8 Å². The minimum atomic E-state index is -2.88. The SMILES string of the molecule is CC(C)(C)OC(=O)C(C(=O)C1=CCCCC1)=P(c1ccccc1)(c1ccccc1)c1ccccc1. The van der Waals surface area contributed by atoms with Crippen molar-refractivity contribution in [3.8, 4) is 0 Å². The molecule has 0 fully saturated rings. The maximum Gasteiger partial charge on any atom is 0.343 e. The fraction of sp³-hybridized carbons (Fsp3) is 0.258. The lowest BCUT2D eigenvalue weighted by molar-refractivity contribution is -0.146. The molecular formula is C31H33O3P. The molecule has 0 unspecified atom stereocenters. The molecule has 0 saturated carbocycles. The Labute approximate surface area is 208 Å². The largest absolute Gasteiger partial charge is 0.456 e. The highest BCUT2D eigenvalue weighted by atomic mass is 31.2. The zero-order valence-corrected chi connectivity index (χ0v) is 21.6. The van der Waals surface area contributed by atoms with Crippen LogP contribution in [0.1, 0.15) is 46.5 Å². The number of Topliss-reactive ketones (excluding diaryl/α,β-unsaturated/α-hetero) is 1. The average Bonchev–Trinajstić information content (AvgIpc) is 2.88. The van der Waals surface area contributed by atoms with E-state index < -0.39 is 18.5 Å². The van der Waals surface area contributed by atoms with Crippen LogP contribution in [0.4, 0.5) is 0 Å². The highest BCUT2D eigenvalue weighted by molar-refractivity contribution is 7.97. The van der Waals surface area contributed by atoms with Crippen molar-refractivity contribution in [3.63, 3.8) is 0 Å². The zero-order valence-electron chi connectivity index (χ0n) is 20.7. The van der Waals surface area contributed by atoms with Crippen molar-refractivity contribution in [1.82, 2.24) is 0 Å². The molecular weight excluding hydrogens is 451 g/mol. The van der Waals surface area contributed by atoms with Crippen molar-refractivity contribution in [3.05, 3.63) is 103 Å². The van der Waals surface area contributed by atoms with E-state index in [1.54, 1.807) is 0 Å². The molecule has 0 heterocycles. The van der Waals surface area contributed by atoms with Crippen LogP contribution in [-0.2, 0) is 14.3 Å². The fourth-order valence-corrected chi connectivity index (χ4v) is 8.99. The maximum absolute atomic E-state index is 14.4. The summed E-state index contributed by atoms with van der Waals surface area (Å²) in [4.78, 5) is 28.5. The van der Waals surface area contributed by atoms with E-state index in [1.165, 1.54) is 0 Å². The molecule has 0 bridgehead atoms. The number of hydrogen-bond acceptors (Lipinski definition) is 3. The van der Waals surface area contributed by atoms with Gasteiger partial charge in [-0.3, -0.25) is 4.79 Å². The average molecular weight is 485 g/mol. The van der Waals surface area contributed by atoms with Crippen molar-refractivity contribution in [2.75, 3.05) is 0 Å². The van der Waals surface area contributed by atoms with Gasteiger partial charge >= 0.3 is 5.97 Å². The van der Waals surface area contributed by atoms with Gasteiger partial charge < -0.3 is 4.74 Å². The van der Waals surface area contributed by atoms with Crippen LogP contribution in [0.2, 0.25) is 0 Å². The summed E-state index contributed by atoms with van der Waals surface area (Å²) in [5.74, 6) is -0.706. The van der Waals surface area contributed by atoms with Gasteiger partial charge in [-0.05, 0) is 74.8 Å². The summed E-state index contributed by atoms with van der Waals surface area (Å²) in [6, 6.07) is 30.0. The van der Waals surface area contributed by atoms with E-state index in [0.29, 0.717) is 6.42 Å². The summed E-state index contributed by atoms with van der Waals surface area (Å²) in [5, 5.41) is 3.14. The first-order valence-electron chi connectivity index (χ1n) is 12.2. The Hall–Kier alpha value is -3.16. The Bertz CT molecular complexity index is 1160. The molecule has 180 valence electrons. The smallest absolute Gasteiger partial charge is 0.343 e. The zero-order chi connectivity index (χ0) is 24.9. The second-order valence-electron chi connectivity index (χ2n) is 9.83. The van der Waals surface area contributed by atoms with Crippen LogP contribution in [0.15, 0.2) is 103 Å². The molecule has 3 nitrogen and oxygen atoms in total. The predicted octanol–water partition coefficient (Wildman–Crippen LogP) is 5.56. The molecule has 1 aliphatic carbocycles. The van der Waals surface area contributed by atoms with E-state index in [9.17, 15) is 9.59 Å². The molecule has 35 heavy (non-hydrogen) atoms. The van der Waals surface area contributed by atoms with Gasteiger partial charge in [-0.15, -0.1) is 0 Å². The van der Waals surface area contributed by atoms with E-state index in [0.717, 1.165) is 40.7 Å². The van der Waals surface area contributed by atoms with Gasteiger partial charge in [-0.1, -0.05) is 97.1 Å². The van der Waals surface area contributed by atoms with Crippen LogP contribution < -0.4 is 15.9 Å². The quantitative estimate of drug-likeness (QED) is 0.261. The van der Waals surface area contributed by atoms with E-state index >= 15 is 0 Å². The van der Waals surface area contributed by atoms with Crippen molar-refractivity contribution in [2.45, 2.75) is 52.1 Å². The van der Waals surface area contributed by atoms with Crippen molar-refractivity contribution in [2.24, 2.45) is 0 Å². The van der Waals surface area contributed by atoms with E-state index in [1.807, 2.05) is 118 Å². The summed E-state index contributed by atoms with van der Waals surface area (Å²) in [7, 11) is 0. The van der Waals surface area contributed by atoms with Crippen LogP contribution in [0.5, 0.6) is 0 Å². The van der Waals surface area contributed by atoms with E-state index in [-0.39, 0.29) is 11.1 Å². The van der Waals surface area contributed by atoms with Crippen LogP contribution in [0, 0.1) is 0 Å². The summed E-state index contributed by atoms with van der Waals surface area (Å²) >= 11 is 0. The van der Waals surface area contributed by atoms with Crippen LogP contribution in [-0.4, -0.2) is 22.6 Å². The lowest BCUT2D eigenvalue weighted by atomic mass is 9.95. The molecule has 0 aliphatic heterocycles. The lowest BCUT2D eigenvalue weighted by Gasteiger charge is -2.33. The molecule has 0 N–H and O–H groups in total. The number of allylic oxidation sites excluding steroid dienone is 2. The Morgan fingerprint density at radius 3 is 1.54 bits per heavy atom. The highest BCUT2D eigenvalue weighted by Crippen LogP contribution is 2.47. The first-order valence-corrected chi connectivity index (χ1v) is 14.0. The summed E-state index contributed by atoms with van der Waals surface area (Å²) in [6.07, 6.45) is 5.58. The predicted molar refractivity (Wildman–Crippen MR) is 148 cm³/mol. The standard InChI is InChI=1S/C31H33O3P/c1-31(2,3)34-30(33)29(28(32)24-16-8-4-9-17-24)35(25-18-10-5-11-19-25,26-20-12-6-13-21-26)27-22-14-7-15-23-27/h5-7,10-16,18-23H,4,8-9,17H2,1-3H3. The van der Waals surface area contributed by atoms with Gasteiger partial charge in [0.2, 0.25) is 0 Å². The van der Waals surface area contributed by atoms with Gasteiger partial charge in [0.25, 0.3) is 0 Å². The summed E-state index contributed by atoms with van der Waals surface area (Å²) < 4.78 is 5.99. The van der Waals surface area contributed by atoms with Crippen molar-refractivity contribution < 1.29 is 14.3 Å². The Kier molecular flexibility index (Phi) is 7.57. The van der Waals surface area contributed by atoms with Crippen molar-refractivity contribution in [1.29, 1.82) is 0 Å². The Morgan fingerprint density at radius 2 is 1.17 bits per heavy atom. The minimum Gasteiger partial charge on any atom is -0.456 e. The molecule has 0 saturated heterocycles. The maximum atomic E-state index is 14.4. The van der Waals surface area contributed by atoms with Crippen LogP contribution in [0.25, 0.3) is 0 Å². The molecule has 0 spiro atoms. The molecule has 0 amide bonds. The summed E-state index contributed by atoms with van der Waals surface area (Å²) in [5.41, 5.74) is -0.00667. The highest BCUT2D eigenvalue weighted by Gasteiger charge is 2.39. The molecule has 3 aromatic carbocycles. The summed E-state index contributed by atoms with van der Waals surface area (Å²) in [6.45, 7) is 2.67. The van der Waals surface area contributed by atoms with Gasteiger partial charge in [0.1, 0.15) is 10.9 Å².